The highest BCUT2D eigenvalue weighted by Crippen LogP contribution is 2.23. The van der Waals surface area contributed by atoms with E-state index in [2.05, 4.69) is 32.2 Å². The summed E-state index contributed by atoms with van der Waals surface area (Å²) in [7, 11) is -3.84. The van der Waals surface area contributed by atoms with Crippen molar-refractivity contribution in [1.29, 1.82) is 0 Å². The number of amides is 1. The van der Waals surface area contributed by atoms with Crippen molar-refractivity contribution in [3.63, 3.8) is 0 Å². The molecule has 1 aromatic heterocycles. The number of carbonyl (C=O) groups excluding carboxylic acids is 1. The zero-order chi connectivity index (χ0) is 23.6. The lowest BCUT2D eigenvalue weighted by atomic mass is 10.2. The first-order valence-electron chi connectivity index (χ1n) is 9.64. The zero-order valence-electron chi connectivity index (χ0n) is 17.0. The summed E-state index contributed by atoms with van der Waals surface area (Å²) in [4.78, 5) is 17.8. The Hall–Kier alpha value is -2.72. The number of sulfonamides is 1. The molecule has 33 heavy (non-hydrogen) atoms. The molecule has 1 amide bonds. The van der Waals surface area contributed by atoms with Crippen LogP contribution < -0.4 is 9.52 Å². The van der Waals surface area contributed by atoms with Crippen LogP contribution in [0.1, 0.15) is 10.4 Å². The molecule has 0 aliphatic carbocycles. The molecule has 0 bridgehead atoms. The van der Waals surface area contributed by atoms with Crippen LogP contribution in [0.3, 0.4) is 0 Å². The van der Waals surface area contributed by atoms with Gasteiger partial charge in [0.25, 0.3) is 15.9 Å². The second kappa shape index (κ2) is 9.64. The van der Waals surface area contributed by atoms with Gasteiger partial charge in [-0.3, -0.25) is 9.52 Å². The van der Waals surface area contributed by atoms with Crippen molar-refractivity contribution in [2.45, 2.75) is 11.4 Å². The first-order chi connectivity index (χ1) is 15.8. The fourth-order valence-corrected chi connectivity index (χ4v) is 5.90. The van der Waals surface area contributed by atoms with E-state index in [0.717, 1.165) is 14.7 Å². The van der Waals surface area contributed by atoms with Gasteiger partial charge in [-0.2, -0.15) is 4.99 Å². The van der Waals surface area contributed by atoms with E-state index in [9.17, 15) is 13.2 Å². The molecule has 0 spiro atoms. The predicted octanol–water partition coefficient (Wildman–Crippen LogP) is 5.85. The number of rotatable bonds is 6. The summed E-state index contributed by atoms with van der Waals surface area (Å²) in [6.45, 7) is 4.28. The van der Waals surface area contributed by atoms with E-state index >= 15 is 0 Å². The maximum Gasteiger partial charge on any atom is 0.279 e. The highest BCUT2D eigenvalue weighted by molar-refractivity contribution is 9.10. The second-order valence-electron chi connectivity index (χ2n) is 6.95. The van der Waals surface area contributed by atoms with Gasteiger partial charge in [-0.1, -0.05) is 51.0 Å². The Labute approximate surface area is 208 Å². The topological polar surface area (TPSA) is 80.5 Å². The third-order valence-corrected chi connectivity index (χ3v) is 7.82. The molecule has 1 N–H and O–H groups in total. The molecule has 6 nitrogen and oxygen atoms in total. The zero-order valence-corrected chi connectivity index (χ0v) is 21.0. The average molecular weight is 563 g/mol. The molecule has 0 unspecified atom stereocenters. The van der Waals surface area contributed by atoms with Crippen LogP contribution in [-0.4, -0.2) is 18.9 Å². The number of hydrogen-bond donors (Lipinski definition) is 1. The van der Waals surface area contributed by atoms with Crippen LogP contribution in [0.5, 0.6) is 0 Å². The summed E-state index contributed by atoms with van der Waals surface area (Å²) in [6, 6.07) is 17.9. The molecule has 1 heterocycles. The van der Waals surface area contributed by atoms with E-state index in [1.54, 1.807) is 24.3 Å². The van der Waals surface area contributed by atoms with Crippen LogP contribution in [0.4, 0.5) is 5.69 Å². The lowest BCUT2D eigenvalue weighted by Crippen LogP contribution is -2.16. The Bertz CT molecular complexity index is 1540. The fourth-order valence-electron chi connectivity index (χ4n) is 3.13. The molecule has 0 fully saturated rings. The number of halogens is 2. The Balaban J connectivity index is 1.67. The summed E-state index contributed by atoms with van der Waals surface area (Å²) in [5.41, 5.74) is 1.46. The van der Waals surface area contributed by atoms with Crippen LogP contribution in [0, 0.1) is 0 Å². The molecule has 0 aliphatic rings. The van der Waals surface area contributed by atoms with E-state index in [1.165, 1.54) is 41.7 Å². The van der Waals surface area contributed by atoms with Gasteiger partial charge >= 0.3 is 0 Å². The van der Waals surface area contributed by atoms with Gasteiger partial charge in [-0.05, 0) is 60.7 Å². The van der Waals surface area contributed by atoms with Crippen molar-refractivity contribution in [2.24, 2.45) is 4.99 Å². The molecule has 0 saturated carbocycles. The highest BCUT2D eigenvalue weighted by Gasteiger charge is 2.15. The minimum Gasteiger partial charge on any atom is -0.312 e. The Morgan fingerprint density at radius 1 is 1.15 bits per heavy atom. The molecule has 0 aliphatic heterocycles. The van der Waals surface area contributed by atoms with Crippen LogP contribution in [0.15, 0.2) is 93.7 Å². The van der Waals surface area contributed by atoms with Crippen molar-refractivity contribution in [2.75, 3.05) is 4.72 Å². The van der Waals surface area contributed by atoms with Gasteiger partial charge in [-0.15, -0.1) is 6.58 Å². The number of hydrogen-bond acceptors (Lipinski definition) is 4. The van der Waals surface area contributed by atoms with E-state index in [1.807, 2.05) is 22.8 Å². The van der Waals surface area contributed by atoms with Crippen molar-refractivity contribution in [3.8, 4) is 0 Å². The van der Waals surface area contributed by atoms with Crippen LogP contribution in [0.25, 0.3) is 10.2 Å². The van der Waals surface area contributed by atoms with E-state index in [4.69, 9.17) is 11.6 Å². The monoisotopic (exact) mass is 561 g/mol. The van der Waals surface area contributed by atoms with Gasteiger partial charge in [0, 0.05) is 27.3 Å². The number of benzene rings is 3. The normalized spacial score (nSPS) is 12.1. The maximum atomic E-state index is 12.9. The first kappa shape index (κ1) is 23.4. The minimum atomic E-state index is -3.84. The number of carbonyl (C=O) groups is 1. The largest absolute Gasteiger partial charge is 0.312 e. The van der Waals surface area contributed by atoms with Crippen molar-refractivity contribution in [3.05, 3.63) is 99.2 Å². The van der Waals surface area contributed by atoms with E-state index < -0.39 is 15.9 Å². The van der Waals surface area contributed by atoms with Crippen LogP contribution in [-0.2, 0) is 16.6 Å². The number of nitrogens with zero attached hydrogens (tertiary/aromatic N) is 2. The fraction of sp³-hybridized carbons (Fsp3) is 0.0435. The standard InChI is InChI=1S/C23H17BrClN3O3S2/c1-2-12-28-20-11-6-16(24)14-21(20)32-23(28)26-22(29)15-4-3-5-18(13-15)27-33(30,31)19-9-7-17(25)8-10-19/h2-11,13-14,27H,1,12H2. The number of fused-ring (bicyclic) bond motifs is 1. The predicted molar refractivity (Wildman–Crippen MR) is 136 cm³/mol. The summed E-state index contributed by atoms with van der Waals surface area (Å²) < 4.78 is 31.6. The molecule has 0 atom stereocenters. The third-order valence-electron chi connectivity index (χ3n) is 4.64. The Morgan fingerprint density at radius 2 is 1.91 bits per heavy atom. The molecule has 3 aromatic carbocycles. The minimum absolute atomic E-state index is 0.0650. The second-order valence-corrected chi connectivity index (χ2v) is 11.0. The molecule has 0 saturated heterocycles. The number of anilines is 1. The molecular formula is C23H17BrClN3O3S2. The SMILES string of the molecule is C=CCn1c(=NC(=O)c2cccc(NS(=O)(=O)c3ccc(Cl)cc3)c2)sc2cc(Br)ccc21. The quantitative estimate of drug-likeness (QED) is 0.300. The average Bonchev–Trinajstić information content (AvgIpc) is 3.10. The van der Waals surface area contributed by atoms with Gasteiger partial charge in [0.1, 0.15) is 0 Å². The van der Waals surface area contributed by atoms with Crippen molar-refractivity contribution >= 4 is 70.7 Å². The molecule has 4 rings (SSSR count). The summed E-state index contributed by atoms with van der Waals surface area (Å²) in [6.07, 6.45) is 1.74. The van der Waals surface area contributed by atoms with Gasteiger partial charge in [0.05, 0.1) is 15.1 Å². The lowest BCUT2D eigenvalue weighted by Gasteiger charge is -2.09. The summed E-state index contributed by atoms with van der Waals surface area (Å²) in [5.74, 6) is -0.481. The van der Waals surface area contributed by atoms with Gasteiger partial charge < -0.3 is 4.57 Å². The van der Waals surface area contributed by atoms with Gasteiger partial charge in [0.15, 0.2) is 4.80 Å². The Kier molecular flexibility index (Phi) is 6.85. The van der Waals surface area contributed by atoms with E-state index in [0.29, 0.717) is 16.4 Å². The number of allylic oxidation sites excluding steroid dienone is 1. The lowest BCUT2D eigenvalue weighted by molar-refractivity contribution is 0.0998. The van der Waals surface area contributed by atoms with Crippen molar-refractivity contribution in [1.82, 2.24) is 4.57 Å². The number of nitrogens with one attached hydrogen (secondary N) is 1. The maximum absolute atomic E-state index is 12.9. The molecule has 10 heteroatoms. The third kappa shape index (κ3) is 5.27. The summed E-state index contributed by atoms with van der Waals surface area (Å²) >= 11 is 10.7. The molecular weight excluding hydrogens is 546 g/mol. The van der Waals surface area contributed by atoms with Crippen LogP contribution >= 0.6 is 38.9 Å². The number of aromatic nitrogens is 1. The summed E-state index contributed by atoms with van der Waals surface area (Å²) in [5, 5.41) is 0.436. The van der Waals surface area contributed by atoms with Gasteiger partial charge in [-0.25, -0.2) is 8.42 Å². The molecule has 4 aromatic rings. The number of thiazole rings is 1. The first-order valence-corrected chi connectivity index (χ1v) is 13.1. The van der Waals surface area contributed by atoms with Gasteiger partial charge in [0.2, 0.25) is 0 Å². The van der Waals surface area contributed by atoms with E-state index in [-0.39, 0.29) is 16.1 Å². The highest BCUT2D eigenvalue weighted by atomic mass is 79.9. The van der Waals surface area contributed by atoms with Crippen molar-refractivity contribution < 1.29 is 13.2 Å². The molecule has 0 radical (unpaired) electrons. The smallest absolute Gasteiger partial charge is 0.279 e. The Morgan fingerprint density at radius 3 is 2.64 bits per heavy atom. The molecule has 168 valence electrons. The van der Waals surface area contributed by atoms with Crippen LogP contribution in [0.2, 0.25) is 5.02 Å².